The molecule has 1 aliphatic rings. The Bertz CT molecular complexity index is 459. The van der Waals surface area contributed by atoms with Gasteiger partial charge in [0.25, 0.3) is 0 Å². The summed E-state index contributed by atoms with van der Waals surface area (Å²) >= 11 is 0. The number of hydrogen-bond donors (Lipinski definition) is 0. The van der Waals surface area contributed by atoms with Gasteiger partial charge in [-0.3, -0.25) is 4.79 Å². The first-order valence-corrected chi connectivity index (χ1v) is 6.87. The van der Waals surface area contributed by atoms with Crippen LogP contribution in [0.15, 0.2) is 18.2 Å². The van der Waals surface area contributed by atoms with E-state index in [9.17, 15) is 4.79 Å². The lowest BCUT2D eigenvalue weighted by molar-refractivity contribution is 0.0746. The SMILES string of the molecule is COc1ccc(C(=O)C2(C)CCCCC2)c(OC)c1. The number of ether oxygens (including phenoxy) is 2. The van der Waals surface area contributed by atoms with Crippen molar-refractivity contribution in [1.82, 2.24) is 0 Å². The molecule has 0 heterocycles. The molecule has 3 heteroatoms. The van der Waals surface area contributed by atoms with Crippen molar-refractivity contribution in [2.24, 2.45) is 5.41 Å². The van der Waals surface area contributed by atoms with Gasteiger partial charge in [-0.15, -0.1) is 0 Å². The number of benzene rings is 1. The van der Waals surface area contributed by atoms with E-state index < -0.39 is 0 Å². The molecule has 2 rings (SSSR count). The van der Waals surface area contributed by atoms with E-state index in [0.29, 0.717) is 17.1 Å². The first-order chi connectivity index (χ1) is 9.10. The average molecular weight is 262 g/mol. The van der Waals surface area contributed by atoms with Gasteiger partial charge in [-0.1, -0.05) is 26.2 Å². The molecule has 0 spiro atoms. The van der Waals surface area contributed by atoms with Crippen molar-refractivity contribution in [3.63, 3.8) is 0 Å². The Morgan fingerprint density at radius 3 is 2.37 bits per heavy atom. The Hall–Kier alpha value is -1.51. The van der Waals surface area contributed by atoms with Gasteiger partial charge in [-0.05, 0) is 25.0 Å². The molecule has 0 bridgehead atoms. The quantitative estimate of drug-likeness (QED) is 0.773. The summed E-state index contributed by atoms with van der Waals surface area (Å²) in [6, 6.07) is 5.42. The van der Waals surface area contributed by atoms with Crippen molar-refractivity contribution in [2.75, 3.05) is 14.2 Å². The molecule has 0 atom stereocenters. The molecule has 0 aliphatic heterocycles. The monoisotopic (exact) mass is 262 g/mol. The van der Waals surface area contributed by atoms with Crippen LogP contribution in [0.1, 0.15) is 49.4 Å². The smallest absolute Gasteiger partial charge is 0.172 e. The van der Waals surface area contributed by atoms with E-state index in [-0.39, 0.29) is 11.2 Å². The predicted octanol–water partition coefficient (Wildman–Crippen LogP) is 3.86. The maximum Gasteiger partial charge on any atom is 0.172 e. The van der Waals surface area contributed by atoms with Gasteiger partial charge in [0.1, 0.15) is 11.5 Å². The maximum absolute atomic E-state index is 12.8. The van der Waals surface area contributed by atoms with Crippen LogP contribution in [0.25, 0.3) is 0 Å². The molecule has 0 amide bonds. The van der Waals surface area contributed by atoms with Crippen molar-refractivity contribution in [2.45, 2.75) is 39.0 Å². The Morgan fingerprint density at radius 2 is 1.79 bits per heavy atom. The van der Waals surface area contributed by atoms with E-state index in [1.165, 1.54) is 6.42 Å². The van der Waals surface area contributed by atoms with Gasteiger partial charge in [0.15, 0.2) is 5.78 Å². The van der Waals surface area contributed by atoms with E-state index in [4.69, 9.17) is 9.47 Å². The van der Waals surface area contributed by atoms with Crippen LogP contribution < -0.4 is 9.47 Å². The van der Waals surface area contributed by atoms with Crippen LogP contribution in [0.2, 0.25) is 0 Å². The zero-order valence-electron chi connectivity index (χ0n) is 12.0. The van der Waals surface area contributed by atoms with Gasteiger partial charge in [-0.2, -0.15) is 0 Å². The average Bonchev–Trinajstić information content (AvgIpc) is 2.46. The zero-order chi connectivity index (χ0) is 13.9. The van der Waals surface area contributed by atoms with Crippen LogP contribution in [-0.4, -0.2) is 20.0 Å². The van der Waals surface area contributed by atoms with Crippen LogP contribution in [0.4, 0.5) is 0 Å². The largest absolute Gasteiger partial charge is 0.497 e. The number of carbonyl (C=O) groups is 1. The predicted molar refractivity (Wildman–Crippen MR) is 75.1 cm³/mol. The molecule has 1 aliphatic carbocycles. The molecular formula is C16H22O3. The van der Waals surface area contributed by atoms with E-state index in [1.54, 1.807) is 20.3 Å². The highest BCUT2D eigenvalue weighted by Crippen LogP contribution is 2.40. The summed E-state index contributed by atoms with van der Waals surface area (Å²) in [5, 5.41) is 0. The third-order valence-corrected chi connectivity index (χ3v) is 4.16. The minimum atomic E-state index is -0.236. The zero-order valence-corrected chi connectivity index (χ0v) is 12.0. The van der Waals surface area contributed by atoms with E-state index >= 15 is 0 Å². The topological polar surface area (TPSA) is 35.5 Å². The van der Waals surface area contributed by atoms with Gasteiger partial charge < -0.3 is 9.47 Å². The molecular weight excluding hydrogens is 240 g/mol. The summed E-state index contributed by atoms with van der Waals surface area (Å²) in [6.07, 6.45) is 5.46. The lowest BCUT2D eigenvalue weighted by Gasteiger charge is -2.32. The van der Waals surface area contributed by atoms with Gasteiger partial charge in [0.2, 0.25) is 0 Å². The third kappa shape index (κ3) is 2.75. The minimum Gasteiger partial charge on any atom is -0.497 e. The van der Waals surface area contributed by atoms with E-state index in [0.717, 1.165) is 25.7 Å². The van der Waals surface area contributed by atoms with Crippen LogP contribution in [0, 0.1) is 5.41 Å². The Balaban J connectivity index is 2.32. The fourth-order valence-corrected chi connectivity index (χ4v) is 2.87. The Kier molecular flexibility index (Phi) is 4.13. The molecule has 0 saturated heterocycles. The second-order valence-electron chi connectivity index (χ2n) is 5.52. The van der Waals surface area contributed by atoms with E-state index in [2.05, 4.69) is 6.92 Å². The van der Waals surface area contributed by atoms with Crippen LogP contribution in [0.5, 0.6) is 11.5 Å². The van der Waals surface area contributed by atoms with E-state index in [1.807, 2.05) is 12.1 Å². The normalized spacial score (nSPS) is 17.8. The lowest BCUT2D eigenvalue weighted by Crippen LogP contribution is -2.30. The number of rotatable bonds is 4. The number of methoxy groups -OCH3 is 2. The number of Topliss-reactive ketones (excluding diaryl/α,β-unsaturated/α-hetero) is 1. The fraction of sp³-hybridized carbons (Fsp3) is 0.562. The molecule has 1 fully saturated rings. The minimum absolute atomic E-state index is 0.201. The molecule has 0 N–H and O–H groups in total. The molecule has 0 unspecified atom stereocenters. The van der Waals surface area contributed by atoms with Crippen LogP contribution in [0.3, 0.4) is 0 Å². The molecule has 3 nitrogen and oxygen atoms in total. The first kappa shape index (κ1) is 13.9. The number of carbonyl (C=O) groups excluding carboxylic acids is 1. The number of hydrogen-bond acceptors (Lipinski definition) is 3. The fourth-order valence-electron chi connectivity index (χ4n) is 2.87. The summed E-state index contributed by atoms with van der Waals surface area (Å²) in [7, 11) is 3.20. The highest BCUT2D eigenvalue weighted by atomic mass is 16.5. The second-order valence-corrected chi connectivity index (χ2v) is 5.52. The standard InChI is InChI=1S/C16H22O3/c1-16(9-5-4-6-10-16)15(17)13-8-7-12(18-2)11-14(13)19-3/h7-8,11H,4-6,9-10H2,1-3H3. The molecule has 19 heavy (non-hydrogen) atoms. The Labute approximate surface area is 114 Å². The van der Waals surface area contributed by atoms with Gasteiger partial charge in [-0.25, -0.2) is 0 Å². The van der Waals surface area contributed by atoms with Crippen molar-refractivity contribution in [1.29, 1.82) is 0 Å². The molecule has 1 saturated carbocycles. The summed E-state index contributed by atoms with van der Waals surface area (Å²) < 4.78 is 10.5. The van der Waals surface area contributed by atoms with Crippen molar-refractivity contribution in [3.8, 4) is 11.5 Å². The summed E-state index contributed by atoms with van der Waals surface area (Å²) in [4.78, 5) is 12.8. The first-order valence-electron chi connectivity index (χ1n) is 6.87. The van der Waals surface area contributed by atoms with Crippen molar-refractivity contribution in [3.05, 3.63) is 23.8 Å². The van der Waals surface area contributed by atoms with Gasteiger partial charge in [0.05, 0.1) is 19.8 Å². The lowest BCUT2D eigenvalue weighted by atomic mass is 9.71. The van der Waals surface area contributed by atoms with Crippen LogP contribution in [-0.2, 0) is 0 Å². The van der Waals surface area contributed by atoms with Crippen molar-refractivity contribution < 1.29 is 14.3 Å². The second kappa shape index (κ2) is 5.64. The highest BCUT2D eigenvalue weighted by molar-refractivity contribution is 6.02. The highest BCUT2D eigenvalue weighted by Gasteiger charge is 2.36. The summed E-state index contributed by atoms with van der Waals surface area (Å²) in [5.41, 5.74) is 0.438. The van der Waals surface area contributed by atoms with Crippen molar-refractivity contribution >= 4 is 5.78 Å². The maximum atomic E-state index is 12.8. The summed E-state index contributed by atoms with van der Waals surface area (Å²) in [6.45, 7) is 2.08. The molecule has 1 aromatic carbocycles. The molecule has 0 aromatic heterocycles. The summed E-state index contributed by atoms with van der Waals surface area (Å²) in [5.74, 6) is 1.52. The Morgan fingerprint density at radius 1 is 1.11 bits per heavy atom. The molecule has 104 valence electrons. The molecule has 0 radical (unpaired) electrons. The van der Waals surface area contributed by atoms with Crippen LogP contribution >= 0.6 is 0 Å². The molecule has 1 aromatic rings. The number of ketones is 1. The van der Waals surface area contributed by atoms with Gasteiger partial charge in [0, 0.05) is 11.5 Å². The van der Waals surface area contributed by atoms with Gasteiger partial charge >= 0.3 is 0 Å². The third-order valence-electron chi connectivity index (χ3n) is 4.16.